The number of rotatable bonds is 4. The van der Waals surface area contributed by atoms with Crippen LogP contribution in [-0.4, -0.2) is 22.2 Å². The van der Waals surface area contributed by atoms with E-state index in [-0.39, 0.29) is 5.11 Å². The molecule has 0 spiro atoms. The molecule has 1 unspecified atom stereocenters. The molecule has 3 N–H and O–H groups in total. The molecule has 2 rings (SSSR count). The van der Waals surface area contributed by atoms with Crippen molar-refractivity contribution in [3.8, 4) is 6.07 Å². The van der Waals surface area contributed by atoms with Gasteiger partial charge >= 0.3 is 0 Å². The molecule has 0 aromatic heterocycles. The fourth-order valence-electron chi connectivity index (χ4n) is 2.14. The first-order valence-corrected chi connectivity index (χ1v) is 6.73. The van der Waals surface area contributed by atoms with Crippen molar-refractivity contribution in [2.24, 2.45) is 5.73 Å². The Labute approximate surface area is 124 Å². The van der Waals surface area contributed by atoms with E-state index in [2.05, 4.69) is 23.5 Å². The molecule has 1 heterocycles. The first-order valence-electron chi connectivity index (χ1n) is 6.32. The van der Waals surface area contributed by atoms with E-state index in [1.165, 1.54) is 5.56 Å². The summed E-state index contributed by atoms with van der Waals surface area (Å²) < 4.78 is 0. The highest BCUT2D eigenvalue weighted by atomic mass is 32.1. The van der Waals surface area contributed by atoms with Gasteiger partial charge < -0.3 is 16.0 Å². The van der Waals surface area contributed by atoms with Crippen LogP contribution in [0.5, 0.6) is 0 Å². The van der Waals surface area contributed by atoms with E-state index in [9.17, 15) is 5.26 Å². The second-order valence-electron chi connectivity index (χ2n) is 4.50. The van der Waals surface area contributed by atoms with Crippen LogP contribution >= 0.6 is 12.2 Å². The third kappa shape index (κ3) is 3.16. The molecule has 0 saturated carbocycles. The van der Waals surface area contributed by atoms with Crippen LogP contribution in [0.3, 0.4) is 0 Å². The average Bonchev–Trinajstić information content (AvgIpc) is 2.47. The van der Waals surface area contributed by atoms with Crippen LogP contribution in [0.2, 0.25) is 0 Å². The summed E-state index contributed by atoms with van der Waals surface area (Å²) in [5.41, 5.74) is 5.75. The predicted molar refractivity (Wildman–Crippen MR) is 83.4 cm³/mol. The number of nitrogens with zero attached hydrogens (tertiary/aromatic N) is 2. The molecule has 20 heavy (non-hydrogen) atoms. The number of thiocarbonyl (C=S) groups is 1. The lowest BCUT2D eigenvalue weighted by molar-refractivity contribution is 0.236. The van der Waals surface area contributed by atoms with Gasteiger partial charge in [-0.25, -0.2) is 0 Å². The molecule has 0 aliphatic carbocycles. The van der Waals surface area contributed by atoms with Crippen LogP contribution in [0.1, 0.15) is 5.56 Å². The van der Waals surface area contributed by atoms with Gasteiger partial charge in [-0.1, -0.05) is 36.4 Å². The topological polar surface area (TPSA) is 65.1 Å². The summed E-state index contributed by atoms with van der Waals surface area (Å²) >= 11 is 4.88. The maximum atomic E-state index is 9.50. The first-order chi connectivity index (χ1) is 9.66. The number of nitrogens with two attached hydrogens (primary N) is 1. The zero-order chi connectivity index (χ0) is 14.4. The van der Waals surface area contributed by atoms with Crippen LogP contribution in [0.15, 0.2) is 54.8 Å². The monoisotopic (exact) mass is 284 g/mol. The molecule has 5 heteroatoms. The molecule has 1 aromatic rings. The van der Waals surface area contributed by atoms with Gasteiger partial charge in [0, 0.05) is 12.7 Å². The molecule has 1 aliphatic rings. The summed E-state index contributed by atoms with van der Waals surface area (Å²) in [5, 5.41) is 12.5. The highest BCUT2D eigenvalue weighted by Crippen LogP contribution is 2.19. The van der Waals surface area contributed by atoms with Crippen LogP contribution < -0.4 is 11.1 Å². The Morgan fingerprint density at radius 3 is 2.75 bits per heavy atom. The zero-order valence-electron chi connectivity index (χ0n) is 11.0. The van der Waals surface area contributed by atoms with Crippen LogP contribution in [-0.2, 0) is 6.42 Å². The van der Waals surface area contributed by atoms with E-state index in [1.807, 2.05) is 41.5 Å². The third-order valence-corrected chi connectivity index (χ3v) is 3.24. The lowest BCUT2D eigenvalue weighted by Gasteiger charge is -2.38. The lowest BCUT2D eigenvalue weighted by Crippen LogP contribution is -2.59. The molecule has 0 saturated heterocycles. The van der Waals surface area contributed by atoms with Crippen molar-refractivity contribution in [3.63, 3.8) is 0 Å². The molecular weight excluding hydrogens is 268 g/mol. The van der Waals surface area contributed by atoms with Crippen molar-refractivity contribution in [1.29, 1.82) is 5.26 Å². The Balaban J connectivity index is 2.12. The largest absolute Gasteiger partial charge is 0.376 e. The summed E-state index contributed by atoms with van der Waals surface area (Å²) in [4.78, 5) is 1.90. The highest BCUT2D eigenvalue weighted by Gasteiger charge is 2.34. The van der Waals surface area contributed by atoms with E-state index >= 15 is 0 Å². The van der Waals surface area contributed by atoms with Crippen molar-refractivity contribution in [1.82, 2.24) is 10.2 Å². The zero-order valence-corrected chi connectivity index (χ0v) is 11.8. The van der Waals surface area contributed by atoms with Crippen LogP contribution in [0, 0.1) is 11.3 Å². The van der Waals surface area contributed by atoms with Crippen molar-refractivity contribution in [2.45, 2.75) is 12.1 Å². The van der Waals surface area contributed by atoms with Gasteiger partial charge in [-0.15, -0.1) is 0 Å². The van der Waals surface area contributed by atoms with E-state index < -0.39 is 5.66 Å². The SMILES string of the molecule is N#CC1(NC(N)=S)C=CC=CN1CCc1ccccc1. The Bertz CT molecular complexity index is 573. The van der Waals surface area contributed by atoms with Gasteiger partial charge in [-0.05, 0) is 36.4 Å². The summed E-state index contributed by atoms with van der Waals surface area (Å²) in [7, 11) is 0. The molecule has 0 bridgehead atoms. The van der Waals surface area contributed by atoms with Crippen LogP contribution in [0.4, 0.5) is 0 Å². The van der Waals surface area contributed by atoms with Gasteiger partial charge in [0.15, 0.2) is 5.11 Å². The van der Waals surface area contributed by atoms with Crippen molar-refractivity contribution in [3.05, 3.63) is 60.3 Å². The number of nitriles is 1. The second-order valence-corrected chi connectivity index (χ2v) is 4.94. The quantitative estimate of drug-likeness (QED) is 0.823. The number of benzene rings is 1. The van der Waals surface area contributed by atoms with Gasteiger partial charge in [0.2, 0.25) is 5.66 Å². The smallest absolute Gasteiger partial charge is 0.221 e. The van der Waals surface area contributed by atoms with E-state index in [4.69, 9.17) is 18.0 Å². The number of hydrogen-bond acceptors (Lipinski definition) is 3. The van der Waals surface area contributed by atoms with Crippen molar-refractivity contribution in [2.75, 3.05) is 6.54 Å². The fraction of sp³-hybridized carbons (Fsp3) is 0.200. The molecule has 0 amide bonds. The Morgan fingerprint density at radius 2 is 2.10 bits per heavy atom. The number of nitrogens with one attached hydrogen (secondary N) is 1. The standard InChI is InChI=1S/C15H16N4S/c16-12-15(18-14(17)20)9-4-5-10-19(15)11-8-13-6-2-1-3-7-13/h1-7,9-10H,8,11H2,(H3,17,18,20). The van der Waals surface area contributed by atoms with Gasteiger partial charge in [0.25, 0.3) is 0 Å². The maximum Gasteiger partial charge on any atom is 0.221 e. The first kappa shape index (κ1) is 14.1. The summed E-state index contributed by atoms with van der Waals surface area (Å²) in [6, 6.07) is 12.4. The summed E-state index contributed by atoms with van der Waals surface area (Å²) in [6.07, 6.45) is 8.17. The second kappa shape index (κ2) is 6.22. The Kier molecular flexibility index (Phi) is 4.38. The van der Waals surface area contributed by atoms with Crippen molar-refractivity contribution < 1.29 is 0 Å². The molecule has 1 aliphatic heterocycles. The third-order valence-electron chi connectivity index (χ3n) is 3.14. The molecule has 0 fully saturated rings. The normalized spacial score (nSPS) is 20.4. The Hall–Kier alpha value is -2.32. The average molecular weight is 284 g/mol. The minimum atomic E-state index is -1.00. The number of hydrogen-bond donors (Lipinski definition) is 2. The molecule has 1 atom stereocenters. The molecule has 102 valence electrons. The maximum absolute atomic E-state index is 9.50. The van der Waals surface area contributed by atoms with Gasteiger partial charge in [0.05, 0.1) is 0 Å². The molecule has 4 nitrogen and oxygen atoms in total. The van der Waals surface area contributed by atoms with Gasteiger partial charge in [0.1, 0.15) is 6.07 Å². The number of allylic oxidation sites excluding steroid dienone is 2. The van der Waals surface area contributed by atoms with E-state index in [1.54, 1.807) is 6.08 Å². The van der Waals surface area contributed by atoms with Crippen LogP contribution in [0.25, 0.3) is 0 Å². The van der Waals surface area contributed by atoms with Gasteiger partial charge in [-0.2, -0.15) is 5.26 Å². The minimum Gasteiger partial charge on any atom is -0.376 e. The molecule has 1 aromatic carbocycles. The summed E-state index contributed by atoms with van der Waals surface area (Å²) in [6.45, 7) is 0.689. The Morgan fingerprint density at radius 1 is 1.35 bits per heavy atom. The highest BCUT2D eigenvalue weighted by molar-refractivity contribution is 7.80. The molecular formula is C15H16N4S. The van der Waals surface area contributed by atoms with Crippen molar-refractivity contribution >= 4 is 17.3 Å². The lowest BCUT2D eigenvalue weighted by atomic mass is 10.1. The van der Waals surface area contributed by atoms with E-state index in [0.29, 0.717) is 6.54 Å². The fourth-order valence-corrected chi connectivity index (χ4v) is 2.29. The summed E-state index contributed by atoms with van der Waals surface area (Å²) in [5.74, 6) is 0. The predicted octanol–water partition coefficient (Wildman–Crippen LogP) is 1.67. The van der Waals surface area contributed by atoms with Gasteiger partial charge in [-0.3, -0.25) is 0 Å². The molecule has 0 radical (unpaired) electrons. The minimum absolute atomic E-state index is 0.108. The van der Waals surface area contributed by atoms with E-state index in [0.717, 1.165) is 6.42 Å².